The second kappa shape index (κ2) is 10.9. The van der Waals surface area contributed by atoms with E-state index in [9.17, 15) is 4.79 Å². The number of fused-ring (bicyclic) bond motifs is 1. The molecule has 1 aliphatic rings. The zero-order chi connectivity index (χ0) is 22.3. The maximum Gasteiger partial charge on any atom is 0.233 e. The molecule has 0 atom stereocenters. The fourth-order valence-corrected chi connectivity index (χ4v) is 5.02. The normalized spacial score (nSPS) is 14.6. The van der Waals surface area contributed by atoms with Gasteiger partial charge in [0.1, 0.15) is 5.75 Å². The quantitative estimate of drug-likeness (QED) is 0.484. The monoisotopic (exact) mass is 453 g/mol. The highest BCUT2D eigenvalue weighted by Gasteiger charge is 2.21. The molecule has 2 heterocycles. The van der Waals surface area contributed by atoms with Crippen LogP contribution in [0.25, 0.3) is 10.2 Å². The number of anilines is 1. The van der Waals surface area contributed by atoms with Crippen molar-refractivity contribution in [3.63, 3.8) is 0 Å². The summed E-state index contributed by atoms with van der Waals surface area (Å²) in [5.41, 5.74) is 3.10. The Kier molecular flexibility index (Phi) is 7.73. The number of para-hydroxylation sites is 1. The number of aryl methyl sites for hydroxylation is 1. The summed E-state index contributed by atoms with van der Waals surface area (Å²) in [4.78, 5) is 22.5. The van der Waals surface area contributed by atoms with Gasteiger partial charge in [-0.1, -0.05) is 35.6 Å². The number of carbonyl (C=O) groups is 1. The van der Waals surface area contributed by atoms with Crippen molar-refractivity contribution in [2.24, 2.45) is 0 Å². The largest absolute Gasteiger partial charge is 0.494 e. The van der Waals surface area contributed by atoms with Crippen LogP contribution in [-0.4, -0.2) is 61.8 Å². The van der Waals surface area contributed by atoms with Gasteiger partial charge in [-0.2, -0.15) is 0 Å². The lowest BCUT2D eigenvalue weighted by atomic mass is 10.1. The van der Waals surface area contributed by atoms with Crippen molar-refractivity contribution in [2.45, 2.75) is 26.7 Å². The number of morpholine rings is 1. The van der Waals surface area contributed by atoms with Gasteiger partial charge >= 0.3 is 0 Å². The number of aromatic nitrogens is 1. The highest BCUT2D eigenvalue weighted by atomic mass is 32.1. The molecular weight excluding hydrogens is 422 g/mol. The number of carbonyl (C=O) groups excluding carboxylic acids is 1. The second-order valence-corrected chi connectivity index (χ2v) is 9.03. The van der Waals surface area contributed by atoms with Crippen molar-refractivity contribution in [3.05, 3.63) is 53.6 Å². The first-order valence-corrected chi connectivity index (χ1v) is 12.1. The molecule has 2 aromatic carbocycles. The van der Waals surface area contributed by atoms with Crippen molar-refractivity contribution in [3.8, 4) is 5.75 Å². The molecular formula is C25H31N3O3S. The fraction of sp³-hybridized carbons (Fsp3) is 0.440. The predicted molar refractivity (Wildman–Crippen MR) is 130 cm³/mol. The van der Waals surface area contributed by atoms with Gasteiger partial charge in [-0.25, -0.2) is 4.98 Å². The van der Waals surface area contributed by atoms with Gasteiger partial charge in [-0.15, -0.1) is 0 Å². The standard InChI is InChI=1S/C25H31N3O3S/c1-3-31-21-10-8-20(9-11-21)18-23(29)28(13-5-12-27-14-16-30-17-15-27)25-26-24-19(2)6-4-7-22(24)32-25/h4,6-11H,3,5,12-18H2,1-2H3. The lowest BCUT2D eigenvalue weighted by Crippen LogP contribution is -2.39. The summed E-state index contributed by atoms with van der Waals surface area (Å²) < 4.78 is 12.1. The Hall–Kier alpha value is -2.48. The lowest BCUT2D eigenvalue weighted by Gasteiger charge is -2.27. The number of hydrogen-bond acceptors (Lipinski definition) is 6. The van der Waals surface area contributed by atoms with E-state index in [1.165, 1.54) is 0 Å². The summed E-state index contributed by atoms with van der Waals surface area (Å²) in [7, 11) is 0. The molecule has 32 heavy (non-hydrogen) atoms. The fourth-order valence-electron chi connectivity index (χ4n) is 3.93. The van der Waals surface area contributed by atoms with Crippen LogP contribution in [-0.2, 0) is 16.0 Å². The molecule has 1 saturated heterocycles. The van der Waals surface area contributed by atoms with E-state index in [2.05, 4.69) is 24.0 Å². The predicted octanol–water partition coefficient (Wildman–Crippen LogP) is 4.30. The molecule has 1 aliphatic heterocycles. The maximum atomic E-state index is 13.4. The molecule has 170 valence electrons. The molecule has 0 radical (unpaired) electrons. The Morgan fingerprint density at radius 3 is 2.69 bits per heavy atom. The van der Waals surface area contributed by atoms with Crippen LogP contribution in [0.15, 0.2) is 42.5 Å². The minimum absolute atomic E-state index is 0.0767. The van der Waals surface area contributed by atoms with E-state index >= 15 is 0 Å². The summed E-state index contributed by atoms with van der Waals surface area (Å²) in [6.45, 7) is 9.77. The SMILES string of the molecule is CCOc1ccc(CC(=O)N(CCCN2CCOCC2)c2nc3c(C)cccc3s2)cc1. The molecule has 1 fully saturated rings. The van der Waals surface area contributed by atoms with Gasteiger partial charge in [-0.3, -0.25) is 14.6 Å². The van der Waals surface area contributed by atoms with E-state index in [0.717, 1.165) is 71.5 Å². The third kappa shape index (κ3) is 5.65. The van der Waals surface area contributed by atoms with Crippen LogP contribution in [0.3, 0.4) is 0 Å². The van der Waals surface area contributed by atoms with Crippen LogP contribution in [0, 0.1) is 6.92 Å². The van der Waals surface area contributed by atoms with Crippen molar-refractivity contribution >= 4 is 32.6 Å². The van der Waals surface area contributed by atoms with Gasteiger partial charge in [0.05, 0.1) is 36.5 Å². The molecule has 6 nitrogen and oxygen atoms in total. The van der Waals surface area contributed by atoms with Crippen LogP contribution in [0.5, 0.6) is 5.75 Å². The number of rotatable bonds is 9. The number of hydrogen-bond donors (Lipinski definition) is 0. The van der Waals surface area contributed by atoms with Gasteiger partial charge < -0.3 is 9.47 Å². The molecule has 0 bridgehead atoms. The Bertz CT molecular complexity index is 1030. The van der Waals surface area contributed by atoms with E-state index in [4.69, 9.17) is 14.5 Å². The second-order valence-electron chi connectivity index (χ2n) is 8.02. The molecule has 1 aromatic heterocycles. The van der Waals surface area contributed by atoms with Gasteiger partial charge in [0.25, 0.3) is 0 Å². The minimum atomic E-state index is 0.0767. The topological polar surface area (TPSA) is 54.9 Å². The number of nitrogens with zero attached hydrogens (tertiary/aromatic N) is 3. The van der Waals surface area contributed by atoms with Crippen LogP contribution in [0.1, 0.15) is 24.5 Å². The smallest absolute Gasteiger partial charge is 0.233 e. The van der Waals surface area contributed by atoms with E-state index in [-0.39, 0.29) is 5.91 Å². The van der Waals surface area contributed by atoms with Crippen molar-refractivity contribution < 1.29 is 14.3 Å². The number of thiazole rings is 1. The Morgan fingerprint density at radius 1 is 1.19 bits per heavy atom. The Morgan fingerprint density at radius 2 is 1.97 bits per heavy atom. The zero-order valence-electron chi connectivity index (χ0n) is 18.9. The summed E-state index contributed by atoms with van der Waals surface area (Å²) >= 11 is 1.59. The van der Waals surface area contributed by atoms with E-state index in [0.29, 0.717) is 19.6 Å². The summed E-state index contributed by atoms with van der Waals surface area (Å²) in [6.07, 6.45) is 1.25. The molecule has 7 heteroatoms. The maximum absolute atomic E-state index is 13.4. The third-order valence-electron chi connectivity index (χ3n) is 5.69. The van der Waals surface area contributed by atoms with Gasteiger partial charge in [-0.05, 0) is 49.6 Å². The summed E-state index contributed by atoms with van der Waals surface area (Å²) in [5.74, 6) is 0.903. The average molecular weight is 454 g/mol. The van der Waals surface area contributed by atoms with Crippen LogP contribution in [0.4, 0.5) is 5.13 Å². The number of ether oxygens (including phenoxy) is 2. The van der Waals surface area contributed by atoms with Gasteiger partial charge in [0.2, 0.25) is 5.91 Å². The highest BCUT2D eigenvalue weighted by Crippen LogP contribution is 2.31. The first-order valence-electron chi connectivity index (χ1n) is 11.3. The highest BCUT2D eigenvalue weighted by molar-refractivity contribution is 7.22. The minimum Gasteiger partial charge on any atom is -0.494 e. The van der Waals surface area contributed by atoms with E-state index in [1.54, 1.807) is 11.3 Å². The molecule has 0 saturated carbocycles. The Balaban J connectivity index is 1.50. The molecule has 0 spiro atoms. The van der Waals surface area contributed by atoms with Crippen molar-refractivity contribution in [1.29, 1.82) is 0 Å². The first-order chi connectivity index (χ1) is 15.6. The van der Waals surface area contributed by atoms with E-state index < -0.39 is 0 Å². The first kappa shape index (κ1) is 22.7. The number of benzene rings is 2. The Labute approximate surface area is 193 Å². The van der Waals surface area contributed by atoms with Crippen LogP contribution >= 0.6 is 11.3 Å². The summed E-state index contributed by atoms with van der Waals surface area (Å²) in [6, 6.07) is 14.0. The van der Waals surface area contributed by atoms with Crippen molar-refractivity contribution in [1.82, 2.24) is 9.88 Å². The van der Waals surface area contributed by atoms with Gasteiger partial charge in [0.15, 0.2) is 5.13 Å². The zero-order valence-corrected chi connectivity index (χ0v) is 19.7. The molecule has 1 amide bonds. The number of amides is 1. The molecule has 3 aromatic rings. The van der Waals surface area contributed by atoms with E-state index in [1.807, 2.05) is 42.2 Å². The third-order valence-corrected chi connectivity index (χ3v) is 6.73. The lowest BCUT2D eigenvalue weighted by molar-refractivity contribution is -0.118. The molecule has 0 aliphatic carbocycles. The van der Waals surface area contributed by atoms with Crippen LogP contribution < -0.4 is 9.64 Å². The average Bonchev–Trinajstić information content (AvgIpc) is 3.24. The van der Waals surface area contributed by atoms with Crippen LogP contribution in [0.2, 0.25) is 0 Å². The molecule has 4 rings (SSSR count). The van der Waals surface area contributed by atoms with Gasteiger partial charge in [0, 0.05) is 26.2 Å². The molecule has 0 N–H and O–H groups in total. The molecule has 0 unspecified atom stereocenters. The summed E-state index contributed by atoms with van der Waals surface area (Å²) in [5, 5.41) is 0.784. The van der Waals surface area contributed by atoms with Crippen molar-refractivity contribution in [2.75, 3.05) is 50.9 Å².